The van der Waals surface area contributed by atoms with Crippen LogP contribution in [0.3, 0.4) is 0 Å². The minimum absolute atomic E-state index is 0.0389. The predicted molar refractivity (Wildman–Crippen MR) is 129 cm³/mol. The molecule has 1 aromatic rings. The van der Waals surface area contributed by atoms with Gasteiger partial charge in [0.25, 0.3) is 0 Å². The zero-order valence-corrected chi connectivity index (χ0v) is 19.8. The first kappa shape index (κ1) is 25.3. The zero-order chi connectivity index (χ0) is 22.8. The number of thiazole rings is 1. The number of carbonyl (C=O) groups excluding carboxylic acids is 1. The van der Waals surface area contributed by atoms with E-state index >= 15 is 0 Å². The largest absolute Gasteiger partial charge is 0.355 e. The van der Waals surface area contributed by atoms with Crippen molar-refractivity contribution in [2.24, 2.45) is 5.92 Å². The monoisotopic (exact) mass is 467 g/mol. The lowest BCUT2D eigenvalue weighted by Crippen LogP contribution is -2.26. The maximum atomic E-state index is 13.5. The van der Waals surface area contributed by atoms with Crippen LogP contribution in [0.4, 0.5) is 13.9 Å². The van der Waals surface area contributed by atoms with Gasteiger partial charge in [0.15, 0.2) is 11.3 Å². The molecule has 0 saturated carbocycles. The number of thioether (sulfide) groups is 1. The molecule has 0 fully saturated rings. The Labute approximate surface area is 192 Å². The summed E-state index contributed by atoms with van der Waals surface area (Å²) >= 11 is 2.91. The normalized spacial score (nSPS) is 16.0. The number of carbonyl (C=O) groups is 1. The Morgan fingerprint density at radius 1 is 1.35 bits per heavy atom. The van der Waals surface area contributed by atoms with Crippen LogP contribution in [-0.2, 0) is 4.79 Å². The molecule has 170 valence electrons. The van der Waals surface area contributed by atoms with Crippen LogP contribution in [0.2, 0.25) is 0 Å². The molecular weight excluding hydrogens is 436 g/mol. The average molecular weight is 468 g/mol. The maximum absolute atomic E-state index is 13.5. The van der Waals surface area contributed by atoms with Crippen molar-refractivity contribution in [1.82, 2.24) is 10.3 Å². The van der Waals surface area contributed by atoms with E-state index in [9.17, 15) is 13.6 Å². The van der Waals surface area contributed by atoms with Crippen LogP contribution in [0.5, 0.6) is 0 Å². The molecule has 2 rings (SSSR count). The first-order chi connectivity index (χ1) is 14.8. The van der Waals surface area contributed by atoms with E-state index in [-0.39, 0.29) is 12.3 Å². The number of unbranched alkanes of at least 4 members (excludes halogenated alkanes) is 2. The van der Waals surface area contributed by atoms with Gasteiger partial charge >= 0.3 is 0 Å². The van der Waals surface area contributed by atoms with E-state index in [1.165, 1.54) is 29.2 Å². The fraction of sp³-hybridized carbons (Fsp3) is 0.478. The van der Waals surface area contributed by atoms with Gasteiger partial charge in [-0.2, -0.15) is 0 Å². The predicted octanol–water partition coefficient (Wildman–Crippen LogP) is 6.63. The van der Waals surface area contributed by atoms with E-state index in [2.05, 4.69) is 42.6 Å². The van der Waals surface area contributed by atoms with Gasteiger partial charge in [0.05, 0.1) is 11.4 Å². The van der Waals surface area contributed by atoms with Gasteiger partial charge in [-0.3, -0.25) is 4.79 Å². The SMILES string of the molecule is C=C(CCCCCNC(=O)CSC(=C)C(C)C)Nc1nc(C2=CCC(F)C(F)=C2)cs1. The minimum Gasteiger partial charge on any atom is -0.355 e. The third kappa shape index (κ3) is 8.99. The van der Waals surface area contributed by atoms with Crippen LogP contribution in [0.1, 0.15) is 51.6 Å². The lowest BCUT2D eigenvalue weighted by Gasteiger charge is -2.10. The Morgan fingerprint density at radius 3 is 2.84 bits per heavy atom. The second kappa shape index (κ2) is 12.8. The number of nitrogens with one attached hydrogen (secondary N) is 2. The molecule has 1 atom stereocenters. The van der Waals surface area contributed by atoms with Crippen molar-refractivity contribution in [2.75, 3.05) is 17.6 Å². The number of hydrogen-bond acceptors (Lipinski definition) is 5. The van der Waals surface area contributed by atoms with Crippen molar-refractivity contribution in [2.45, 2.75) is 52.1 Å². The third-order valence-corrected chi connectivity index (χ3v) is 6.74. The molecular formula is C23H31F2N3OS2. The van der Waals surface area contributed by atoms with Gasteiger partial charge in [-0.1, -0.05) is 39.5 Å². The van der Waals surface area contributed by atoms with Crippen LogP contribution < -0.4 is 10.6 Å². The number of hydrogen-bond donors (Lipinski definition) is 2. The summed E-state index contributed by atoms with van der Waals surface area (Å²) in [4.78, 5) is 17.3. The van der Waals surface area contributed by atoms with Crippen LogP contribution in [0, 0.1) is 5.92 Å². The molecule has 2 N–H and O–H groups in total. The summed E-state index contributed by atoms with van der Waals surface area (Å²) in [6.07, 6.45) is 5.02. The molecule has 1 aliphatic carbocycles. The Bertz CT molecular complexity index is 846. The van der Waals surface area contributed by atoms with Gasteiger partial charge in [-0.15, -0.1) is 23.1 Å². The van der Waals surface area contributed by atoms with E-state index < -0.39 is 12.0 Å². The van der Waals surface area contributed by atoms with Crippen molar-refractivity contribution in [3.05, 3.63) is 52.8 Å². The molecule has 1 heterocycles. The summed E-state index contributed by atoms with van der Waals surface area (Å²) in [6.45, 7) is 12.8. The van der Waals surface area contributed by atoms with Crippen molar-refractivity contribution in [3.8, 4) is 0 Å². The Balaban J connectivity index is 1.59. The van der Waals surface area contributed by atoms with Gasteiger partial charge in [-0.25, -0.2) is 13.8 Å². The van der Waals surface area contributed by atoms with Gasteiger partial charge in [0, 0.05) is 24.0 Å². The lowest BCUT2D eigenvalue weighted by atomic mass is 10.0. The molecule has 1 unspecified atom stereocenters. The molecule has 1 aliphatic rings. The highest BCUT2D eigenvalue weighted by Crippen LogP contribution is 2.30. The molecule has 1 amide bonds. The molecule has 1 aromatic heterocycles. The number of amides is 1. The van der Waals surface area contributed by atoms with E-state index in [0.717, 1.165) is 36.3 Å². The second-order valence-electron chi connectivity index (χ2n) is 7.73. The highest BCUT2D eigenvalue weighted by atomic mass is 32.2. The second-order valence-corrected chi connectivity index (χ2v) is 9.69. The fourth-order valence-corrected chi connectivity index (χ4v) is 4.26. The summed E-state index contributed by atoms with van der Waals surface area (Å²) in [5.74, 6) is 0.0905. The lowest BCUT2D eigenvalue weighted by molar-refractivity contribution is -0.118. The van der Waals surface area contributed by atoms with Crippen molar-refractivity contribution in [1.29, 1.82) is 0 Å². The Kier molecular flexibility index (Phi) is 10.5. The summed E-state index contributed by atoms with van der Waals surface area (Å²) in [6, 6.07) is 0. The van der Waals surface area contributed by atoms with Crippen LogP contribution in [-0.4, -0.2) is 29.4 Å². The third-order valence-electron chi connectivity index (χ3n) is 4.73. The van der Waals surface area contributed by atoms with E-state index in [1.54, 1.807) is 6.08 Å². The van der Waals surface area contributed by atoms with E-state index in [1.807, 2.05) is 5.38 Å². The molecule has 0 spiro atoms. The molecule has 0 aliphatic heterocycles. The van der Waals surface area contributed by atoms with Gasteiger partial charge < -0.3 is 10.6 Å². The molecule has 0 bridgehead atoms. The molecule has 4 nitrogen and oxygen atoms in total. The topological polar surface area (TPSA) is 54.0 Å². The fourth-order valence-electron chi connectivity index (χ4n) is 2.74. The van der Waals surface area contributed by atoms with Crippen molar-refractivity contribution in [3.63, 3.8) is 0 Å². The number of anilines is 1. The first-order valence-electron chi connectivity index (χ1n) is 10.5. The first-order valence-corrected chi connectivity index (χ1v) is 12.3. The highest BCUT2D eigenvalue weighted by Gasteiger charge is 2.18. The van der Waals surface area contributed by atoms with Gasteiger partial charge in [-0.05, 0) is 41.7 Å². The smallest absolute Gasteiger partial charge is 0.230 e. The van der Waals surface area contributed by atoms with Crippen LogP contribution in [0.15, 0.2) is 47.1 Å². The summed E-state index contributed by atoms with van der Waals surface area (Å²) < 4.78 is 26.7. The maximum Gasteiger partial charge on any atom is 0.230 e. The van der Waals surface area contributed by atoms with Crippen LogP contribution >= 0.6 is 23.1 Å². The van der Waals surface area contributed by atoms with Crippen LogP contribution in [0.25, 0.3) is 5.57 Å². The molecule has 8 heteroatoms. The average Bonchev–Trinajstić information content (AvgIpc) is 3.18. The molecule has 31 heavy (non-hydrogen) atoms. The van der Waals surface area contributed by atoms with Crippen molar-refractivity contribution < 1.29 is 13.6 Å². The minimum atomic E-state index is -1.54. The van der Waals surface area contributed by atoms with Crippen molar-refractivity contribution >= 4 is 39.7 Å². The summed E-state index contributed by atoms with van der Waals surface area (Å²) in [5.41, 5.74) is 2.10. The highest BCUT2D eigenvalue weighted by molar-refractivity contribution is 8.03. The number of halogens is 2. The molecule has 0 radical (unpaired) electrons. The Morgan fingerprint density at radius 2 is 2.13 bits per heavy atom. The van der Waals surface area contributed by atoms with E-state index in [4.69, 9.17) is 0 Å². The van der Waals surface area contributed by atoms with Gasteiger partial charge in [0.1, 0.15) is 5.83 Å². The summed E-state index contributed by atoms with van der Waals surface area (Å²) in [5, 5.41) is 8.63. The Hall–Kier alpha value is -1.93. The van der Waals surface area contributed by atoms with E-state index in [0.29, 0.717) is 34.6 Å². The zero-order valence-electron chi connectivity index (χ0n) is 18.2. The summed E-state index contributed by atoms with van der Waals surface area (Å²) in [7, 11) is 0. The molecule has 0 saturated heterocycles. The quantitative estimate of drug-likeness (QED) is 0.320. The number of rotatable bonds is 13. The number of alkyl halides is 1. The standard InChI is InChI=1S/C23H31F2N3OS2/c1-15(2)17(4)30-14-22(29)26-11-7-5-6-8-16(3)27-23-28-21(13-31-23)18-9-10-19(24)20(25)12-18/h9,12-13,15,19H,3-8,10-11,14H2,1-2H3,(H,26,29)(H,27,28). The number of nitrogens with zero attached hydrogens (tertiary/aromatic N) is 1. The number of aromatic nitrogens is 1. The van der Waals surface area contributed by atoms with Gasteiger partial charge in [0.2, 0.25) is 5.91 Å². The number of allylic oxidation sites excluding steroid dienone is 6. The molecule has 0 aromatic carbocycles.